The van der Waals surface area contributed by atoms with Crippen molar-refractivity contribution in [2.75, 3.05) is 5.32 Å². The lowest BCUT2D eigenvalue weighted by Gasteiger charge is -2.05. The van der Waals surface area contributed by atoms with Gasteiger partial charge in [-0.05, 0) is 31.2 Å². The molecule has 0 saturated carbocycles. The molecule has 8 nitrogen and oxygen atoms in total. The van der Waals surface area contributed by atoms with Crippen LogP contribution < -0.4 is 10.7 Å². The van der Waals surface area contributed by atoms with E-state index in [2.05, 4.69) is 25.8 Å². The molecule has 1 aromatic carbocycles. The fraction of sp³-hybridized carbons (Fsp3) is 0.0588. The molecule has 2 amide bonds. The van der Waals surface area contributed by atoms with E-state index in [-0.39, 0.29) is 0 Å². The van der Waals surface area contributed by atoms with Crippen LogP contribution >= 0.6 is 0 Å². The Bertz CT molecular complexity index is 1050. The zero-order valence-corrected chi connectivity index (χ0v) is 13.1. The molecule has 0 atom stereocenters. The number of nitrogens with one attached hydrogen (secondary N) is 3. The molecular weight excluding hydrogens is 322 g/mol. The minimum absolute atomic E-state index is 0.299. The molecular formula is C17H13N5O3. The van der Waals surface area contributed by atoms with Crippen LogP contribution in [-0.2, 0) is 0 Å². The van der Waals surface area contributed by atoms with Gasteiger partial charge in [-0.15, -0.1) is 0 Å². The third kappa shape index (κ3) is 2.49. The minimum atomic E-state index is -1.20. The molecule has 0 unspecified atom stereocenters. The number of pyridine rings is 1. The van der Waals surface area contributed by atoms with Gasteiger partial charge in [0.1, 0.15) is 0 Å². The Labute approximate surface area is 141 Å². The van der Waals surface area contributed by atoms with Gasteiger partial charge in [0.05, 0.1) is 17.5 Å². The number of hydrazone groups is 1. The van der Waals surface area contributed by atoms with Gasteiger partial charge in [-0.1, -0.05) is 0 Å². The molecule has 3 aromatic rings. The number of hydrogen-bond acceptors (Lipinski definition) is 4. The van der Waals surface area contributed by atoms with Crippen LogP contribution in [0.1, 0.15) is 21.6 Å². The minimum Gasteiger partial charge on any atom is -0.465 e. The standard InChI is InChI=1S/C17H13N5O3/c1-8-2-3-9(6-18-8)15-12-7-19-22-16(23)11-4-10(20-17(24)25)5-13(21-15)14(11)12/h2-7,20-21H,1H3,(H,22,23)(H,24,25). The molecule has 0 bridgehead atoms. The zero-order chi connectivity index (χ0) is 17.6. The number of aryl methyl sites for hydroxylation is 1. The quantitative estimate of drug-likeness (QED) is 0.575. The fourth-order valence-corrected chi connectivity index (χ4v) is 2.92. The summed E-state index contributed by atoms with van der Waals surface area (Å²) in [5.74, 6) is -0.401. The second kappa shape index (κ2) is 5.45. The van der Waals surface area contributed by atoms with Gasteiger partial charge in [-0.25, -0.2) is 10.2 Å². The average Bonchev–Trinajstić information content (AvgIpc) is 2.83. The lowest BCUT2D eigenvalue weighted by molar-refractivity contribution is 0.0957. The Balaban J connectivity index is 2.01. The van der Waals surface area contributed by atoms with Crippen LogP contribution in [0.25, 0.3) is 22.2 Å². The van der Waals surface area contributed by atoms with Gasteiger partial charge in [0.25, 0.3) is 5.91 Å². The van der Waals surface area contributed by atoms with Crippen molar-refractivity contribution in [3.05, 3.63) is 47.3 Å². The van der Waals surface area contributed by atoms with Crippen molar-refractivity contribution in [1.29, 1.82) is 0 Å². The van der Waals surface area contributed by atoms with Gasteiger partial charge in [0.2, 0.25) is 0 Å². The number of benzene rings is 1. The number of H-pyrrole nitrogens is 1. The van der Waals surface area contributed by atoms with Crippen LogP contribution in [0.3, 0.4) is 0 Å². The summed E-state index contributed by atoms with van der Waals surface area (Å²) < 4.78 is 0. The number of amides is 2. The number of carboxylic acid groups (broad SMARTS) is 1. The molecule has 124 valence electrons. The van der Waals surface area contributed by atoms with Crippen molar-refractivity contribution in [3.63, 3.8) is 0 Å². The van der Waals surface area contributed by atoms with Crippen molar-refractivity contribution in [3.8, 4) is 11.3 Å². The van der Waals surface area contributed by atoms with Crippen LogP contribution in [-0.4, -0.2) is 33.3 Å². The summed E-state index contributed by atoms with van der Waals surface area (Å²) in [5.41, 5.74) is 6.95. The summed E-state index contributed by atoms with van der Waals surface area (Å²) in [6.45, 7) is 1.90. The fourth-order valence-electron chi connectivity index (χ4n) is 2.92. The summed E-state index contributed by atoms with van der Waals surface area (Å²) in [6, 6.07) is 6.96. The number of aromatic amines is 1. The molecule has 3 heterocycles. The highest BCUT2D eigenvalue weighted by Gasteiger charge is 2.22. The number of anilines is 1. The van der Waals surface area contributed by atoms with E-state index in [1.807, 2.05) is 19.1 Å². The number of aromatic nitrogens is 2. The van der Waals surface area contributed by atoms with E-state index in [0.29, 0.717) is 22.2 Å². The van der Waals surface area contributed by atoms with Crippen LogP contribution in [0.4, 0.5) is 10.5 Å². The first-order valence-corrected chi connectivity index (χ1v) is 7.49. The van der Waals surface area contributed by atoms with E-state index < -0.39 is 12.0 Å². The first kappa shape index (κ1) is 14.9. The smallest absolute Gasteiger partial charge is 0.409 e. The third-order valence-electron chi connectivity index (χ3n) is 3.99. The Hall–Kier alpha value is -3.68. The summed E-state index contributed by atoms with van der Waals surface area (Å²) in [7, 11) is 0. The molecule has 2 aromatic heterocycles. The molecule has 1 aliphatic heterocycles. The third-order valence-corrected chi connectivity index (χ3v) is 3.99. The van der Waals surface area contributed by atoms with Crippen LogP contribution in [0.15, 0.2) is 35.6 Å². The Morgan fingerprint density at radius 3 is 2.84 bits per heavy atom. The molecule has 0 aliphatic carbocycles. The molecule has 0 radical (unpaired) electrons. The van der Waals surface area contributed by atoms with Crippen LogP contribution in [0.2, 0.25) is 0 Å². The second-order valence-corrected chi connectivity index (χ2v) is 5.68. The lowest BCUT2D eigenvalue weighted by Crippen LogP contribution is -2.17. The SMILES string of the molecule is Cc1ccc(-c2[nH]c3cc(NC(=O)O)cc4c3c2C=NNC4=O)cn1. The Morgan fingerprint density at radius 2 is 2.12 bits per heavy atom. The molecule has 4 N–H and O–H groups in total. The van der Waals surface area contributed by atoms with Gasteiger partial charge in [0.15, 0.2) is 0 Å². The molecule has 4 rings (SSSR count). The number of hydrogen-bond donors (Lipinski definition) is 4. The van der Waals surface area contributed by atoms with Gasteiger partial charge < -0.3 is 10.1 Å². The maximum atomic E-state index is 12.3. The zero-order valence-electron chi connectivity index (χ0n) is 13.1. The largest absolute Gasteiger partial charge is 0.465 e. The van der Waals surface area contributed by atoms with Crippen molar-refractivity contribution >= 4 is 34.8 Å². The number of carbonyl (C=O) groups is 2. The molecule has 8 heteroatoms. The van der Waals surface area contributed by atoms with Gasteiger partial charge >= 0.3 is 6.09 Å². The molecule has 0 spiro atoms. The van der Waals surface area contributed by atoms with Gasteiger partial charge in [-0.3, -0.25) is 15.1 Å². The van der Waals surface area contributed by atoms with Crippen LogP contribution in [0, 0.1) is 6.92 Å². The van der Waals surface area contributed by atoms with Crippen molar-refractivity contribution < 1.29 is 14.7 Å². The van der Waals surface area contributed by atoms with Gasteiger partial charge in [-0.2, -0.15) is 5.10 Å². The van der Waals surface area contributed by atoms with Crippen molar-refractivity contribution in [2.24, 2.45) is 5.10 Å². The lowest BCUT2D eigenvalue weighted by atomic mass is 10.0. The first-order chi connectivity index (χ1) is 12.0. The normalized spacial score (nSPS) is 12.8. The first-order valence-electron chi connectivity index (χ1n) is 7.49. The highest BCUT2D eigenvalue weighted by molar-refractivity contribution is 6.18. The van der Waals surface area contributed by atoms with Crippen molar-refractivity contribution in [1.82, 2.24) is 15.4 Å². The van der Waals surface area contributed by atoms with E-state index >= 15 is 0 Å². The number of carbonyl (C=O) groups excluding carboxylic acids is 1. The molecule has 1 aliphatic rings. The molecule has 0 fully saturated rings. The number of nitrogens with zero attached hydrogens (tertiary/aromatic N) is 2. The molecule has 25 heavy (non-hydrogen) atoms. The summed E-state index contributed by atoms with van der Waals surface area (Å²) >= 11 is 0. The highest BCUT2D eigenvalue weighted by atomic mass is 16.4. The van der Waals surface area contributed by atoms with E-state index in [9.17, 15) is 9.59 Å². The monoisotopic (exact) mass is 335 g/mol. The Kier molecular flexibility index (Phi) is 3.24. The van der Waals surface area contributed by atoms with E-state index in [1.54, 1.807) is 18.5 Å². The topological polar surface area (TPSA) is 119 Å². The highest BCUT2D eigenvalue weighted by Crippen LogP contribution is 2.34. The summed E-state index contributed by atoms with van der Waals surface area (Å²) in [6.07, 6.45) is 2.11. The maximum Gasteiger partial charge on any atom is 0.409 e. The van der Waals surface area contributed by atoms with Crippen molar-refractivity contribution in [2.45, 2.75) is 6.92 Å². The van der Waals surface area contributed by atoms with E-state index in [1.165, 1.54) is 6.07 Å². The average molecular weight is 335 g/mol. The van der Waals surface area contributed by atoms with Crippen LogP contribution in [0.5, 0.6) is 0 Å². The summed E-state index contributed by atoms with van der Waals surface area (Å²) in [4.78, 5) is 30.8. The van der Waals surface area contributed by atoms with Gasteiger partial charge in [0, 0.05) is 39.6 Å². The van der Waals surface area contributed by atoms with E-state index in [0.717, 1.165) is 22.5 Å². The number of rotatable bonds is 2. The second-order valence-electron chi connectivity index (χ2n) is 5.68. The maximum absolute atomic E-state index is 12.3. The predicted octanol–water partition coefficient (Wildman–Crippen LogP) is 2.71. The Morgan fingerprint density at radius 1 is 1.28 bits per heavy atom. The van der Waals surface area contributed by atoms with E-state index in [4.69, 9.17) is 5.11 Å². The molecule has 0 saturated heterocycles. The summed E-state index contributed by atoms with van der Waals surface area (Å²) in [5, 5.41) is 15.9. The predicted molar refractivity (Wildman–Crippen MR) is 93.0 cm³/mol.